The van der Waals surface area contributed by atoms with Gasteiger partial charge in [-0.25, -0.2) is 0 Å². The summed E-state index contributed by atoms with van der Waals surface area (Å²) >= 11 is 0. The number of benzene rings is 1. The lowest BCUT2D eigenvalue weighted by Gasteiger charge is -2.06. The van der Waals surface area contributed by atoms with Gasteiger partial charge in [0, 0.05) is 5.56 Å². The fourth-order valence-electron chi connectivity index (χ4n) is 1.81. The molecule has 0 bridgehead atoms. The summed E-state index contributed by atoms with van der Waals surface area (Å²) in [6.45, 7) is 2.14. The molecule has 4 nitrogen and oxygen atoms in total. The van der Waals surface area contributed by atoms with Crippen molar-refractivity contribution in [2.24, 2.45) is 10.3 Å². The van der Waals surface area contributed by atoms with Gasteiger partial charge in [0.05, 0.1) is 0 Å². The van der Waals surface area contributed by atoms with E-state index in [9.17, 15) is 0 Å². The molecule has 2 N–H and O–H groups in total. The van der Waals surface area contributed by atoms with Crippen LogP contribution in [0, 0.1) is 0 Å². The monoisotopic (exact) mass is 248 g/mol. The Labute approximate surface area is 108 Å². The van der Waals surface area contributed by atoms with Crippen molar-refractivity contribution in [3.05, 3.63) is 35.9 Å². The second kappa shape index (κ2) is 8.28. The minimum atomic E-state index is 0.342. The Balaban J connectivity index is 2.69. The van der Waals surface area contributed by atoms with Crippen molar-refractivity contribution < 1.29 is 10.4 Å². The van der Waals surface area contributed by atoms with E-state index in [1.165, 1.54) is 0 Å². The maximum absolute atomic E-state index is 9.08. The zero-order chi connectivity index (χ0) is 13.2. The van der Waals surface area contributed by atoms with Gasteiger partial charge in [0.1, 0.15) is 11.4 Å². The highest BCUT2D eigenvalue weighted by atomic mass is 16.4. The Morgan fingerprint density at radius 1 is 1.00 bits per heavy atom. The second-order valence-corrected chi connectivity index (χ2v) is 4.17. The average Bonchev–Trinajstić information content (AvgIpc) is 2.43. The molecule has 0 aliphatic carbocycles. The van der Waals surface area contributed by atoms with Crippen molar-refractivity contribution >= 4 is 11.4 Å². The summed E-state index contributed by atoms with van der Waals surface area (Å²) in [5.41, 5.74) is 1.53. The van der Waals surface area contributed by atoms with E-state index in [4.69, 9.17) is 10.4 Å². The molecule has 0 unspecified atom stereocenters. The van der Waals surface area contributed by atoms with E-state index >= 15 is 0 Å². The van der Waals surface area contributed by atoms with E-state index in [2.05, 4.69) is 17.2 Å². The highest BCUT2D eigenvalue weighted by Gasteiger charge is 2.12. The van der Waals surface area contributed by atoms with Crippen molar-refractivity contribution in [1.82, 2.24) is 0 Å². The lowest BCUT2D eigenvalue weighted by Crippen LogP contribution is -2.16. The lowest BCUT2D eigenvalue weighted by atomic mass is 10.0. The van der Waals surface area contributed by atoms with Crippen LogP contribution in [0.5, 0.6) is 0 Å². The van der Waals surface area contributed by atoms with Crippen LogP contribution in [-0.4, -0.2) is 21.8 Å². The summed E-state index contributed by atoms with van der Waals surface area (Å²) in [4.78, 5) is 0. The zero-order valence-corrected chi connectivity index (χ0v) is 10.7. The molecule has 0 atom stereocenters. The van der Waals surface area contributed by atoms with Gasteiger partial charge in [0.2, 0.25) is 0 Å². The van der Waals surface area contributed by atoms with E-state index in [-0.39, 0.29) is 0 Å². The van der Waals surface area contributed by atoms with Crippen LogP contribution >= 0.6 is 0 Å². The summed E-state index contributed by atoms with van der Waals surface area (Å²) in [6, 6.07) is 9.24. The van der Waals surface area contributed by atoms with E-state index in [1.54, 1.807) is 0 Å². The van der Waals surface area contributed by atoms with Crippen LogP contribution < -0.4 is 0 Å². The molecule has 0 saturated carbocycles. The molecule has 0 spiro atoms. The van der Waals surface area contributed by atoms with Crippen LogP contribution in [0.2, 0.25) is 0 Å². The molecule has 4 heteroatoms. The van der Waals surface area contributed by atoms with Gasteiger partial charge in [-0.3, -0.25) is 0 Å². The van der Waals surface area contributed by atoms with Crippen LogP contribution in [0.4, 0.5) is 0 Å². The third-order valence-corrected chi connectivity index (χ3v) is 2.81. The van der Waals surface area contributed by atoms with Gasteiger partial charge in [0.15, 0.2) is 0 Å². The van der Waals surface area contributed by atoms with Gasteiger partial charge < -0.3 is 10.4 Å². The van der Waals surface area contributed by atoms with E-state index < -0.39 is 0 Å². The normalized spacial score (nSPS) is 12.7. The molecule has 18 heavy (non-hydrogen) atoms. The minimum absolute atomic E-state index is 0.342. The summed E-state index contributed by atoms with van der Waals surface area (Å²) in [5, 5.41) is 24.6. The first kappa shape index (κ1) is 14.2. The van der Waals surface area contributed by atoms with Gasteiger partial charge in [-0.05, 0) is 12.8 Å². The van der Waals surface area contributed by atoms with Gasteiger partial charge >= 0.3 is 0 Å². The van der Waals surface area contributed by atoms with Crippen LogP contribution in [0.1, 0.15) is 44.6 Å². The predicted octanol–water partition coefficient (Wildman–Crippen LogP) is 3.67. The number of hydrogen-bond acceptors (Lipinski definition) is 4. The van der Waals surface area contributed by atoms with Crippen molar-refractivity contribution in [3.8, 4) is 0 Å². The molecule has 0 heterocycles. The number of oxime groups is 2. The quantitative estimate of drug-likeness (QED) is 0.334. The second-order valence-electron chi connectivity index (χ2n) is 4.17. The molecule has 98 valence electrons. The van der Waals surface area contributed by atoms with E-state index in [0.29, 0.717) is 17.8 Å². The molecule has 0 aliphatic rings. The van der Waals surface area contributed by atoms with Gasteiger partial charge in [0.25, 0.3) is 0 Å². The third kappa shape index (κ3) is 4.20. The molecule has 0 radical (unpaired) electrons. The Bertz CT molecular complexity index is 400. The fraction of sp³-hybridized carbons (Fsp3) is 0.429. The van der Waals surface area contributed by atoms with Crippen LogP contribution in [-0.2, 0) is 0 Å². The Morgan fingerprint density at radius 3 is 2.28 bits per heavy atom. The molecule has 0 aliphatic heterocycles. The van der Waals surface area contributed by atoms with Crippen molar-refractivity contribution in [2.45, 2.75) is 39.0 Å². The fourth-order valence-corrected chi connectivity index (χ4v) is 1.81. The molecule has 0 saturated heterocycles. The predicted molar refractivity (Wildman–Crippen MR) is 72.7 cm³/mol. The van der Waals surface area contributed by atoms with Gasteiger partial charge in [-0.2, -0.15) is 0 Å². The lowest BCUT2D eigenvalue weighted by molar-refractivity contribution is 0.313. The third-order valence-electron chi connectivity index (χ3n) is 2.81. The van der Waals surface area contributed by atoms with Crippen molar-refractivity contribution in [1.29, 1.82) is 0 Å². The Kier molecular flexibility index (Phi) is 6.54. The summed E-state index contributed by atoms with van der Waals surface area (Å²) < 4.78 is 0. The molecule has 1 aromatic carbocycles. The van der Waals surface area contributed by atoms with Gasteiger partial charge in [-0.1, -0.05) is 66.8 Å². The van der Waals surface area contributed by atoms with E-state index in [0.717, 1.165) is 31.2 Å². The maximum Gasteiger partial charge on any atom is 0.134 e. The molecular weight excluding hydrogens is 228 g/mol. The largest absolute Gasteiger partial charge is 0.411 e. The molecule has 1 rings (SSSR count). The van der Waals surface area contributed by atoms with Crippen LogP contribution in [0.15, 0.2) is 40.6 Å². The number of rotatable bonds is 7. The molecule has 0 aromatic heterocycles. The zero-order valence-electron chi connectivity index (χ0n) is 10.7. The molecular formula is C14H20N2O2. The van der Waals surface area contributed by atoms with Crippen LogP contribution in [0.25, 0.3) is 0 Å². The highest BCUT2D eigenvalue weighted by Crippen LogP contribution is 2.09. The van der Waals surface area contributed by atoms with Crippen LogP contribution in [0.3, 0.4) is 0 Å². The molecule has 1 aromatic rings. The highest BCUT2D eigenvalue weighted by molar-refractivity contribution is 6.48. The summed E-state index contributed by atoms with van der Waals surface area (Å²) in [6.07, 6.45) is 4.95. The standard InChI is InChI=1S/C14H20N2O2/c1-2-3-4-8-11-13(15-17)14(16-18)12-9-6-5-7-10-12/h5-7,9-10,17-18H,2-4,8,11H2,1H3/b15-13-,16-14-. The minimum Gasteiger partial charge on any atom is -0.411 e. The molecule has 0 amide bonds. The summed E-state index contributed by atoms with van der Waals surface area (Å²) in [7, 11) is 0. The number of unbranched alkanes of at least 4 members (excludes halogenated alkanes) is 3. The Morgan fingerprint density at radius 2 is 1.72 bits per heavy atom. The van der Waals surface area contributed by atoms with Crippen molar-refractivity contribution in [3.63, 3.8) is 0 Å². The number of hydrogen-bond donors (Lipinski definition) is 2. The topological polar surface area (TPSA) is 65.2 Å². The first-order valence-corrected chi connectivity index (χ1v) is 6.32. The first-order chi connectivity index (χ1) is 8.83. The summed E-state index contributed by atoms with van der Waals surface area (Å²) in [5.74, 6) is 0. The van der Waals surface area contributed by atoms with Crippen molar-refractivity contribution in [2.75, 3.05) is 0 Å². The maximum atomic E-state index is 9.08. The van der Waals surface area contributed by atoms with E-state index in [1.807, 2.05) is 30.3 Å². The Hall–Kier alpha value is -1.84. The smallest absolute Gasteiger partial charge is 0.134 e. The SMILES string of the molecule is CCCCCCC(=N/O)/C(=N\O)c1ccccc1. The first-order valence-electron chi connectivity index (χ1n) is 6.32. The molecule has 0 fully saturated rings. The average molecular weight is 248 g/mol. The number of nitrogens with zero attached hydrogens (tertiary/aromatic N) is 2. The van der Waals surface area contributed by atoms with Gasteiger partial charge in [-0.15, -0.1) is 0 Å².